The molecule has 1 unspecified atom stereocenters. The Bertz CT molecular complexity index is 615. The van der Waals surface area contributed by atoms with E-state index in [4.69, 9.17) is 12.2 Å². The van der Waals surface area contributed by atoms with E-state index in [1.165, 1.54) is 6.07 Å². The van der Waals surface area contributed by atoms with Crippen molar-refractivity contribution in [3.63, 3.8) is 0 Å². The molecular formula is C13H17FN2S2. The monoisotopic (exact) mass is 284 g/mol. The van der Waals surface area contributed by atoms with Crippen LogP contribution in [-0.2, 0) is 0 Å². The fourth-order valence-electron chi connectivity index (χ4n) is 2.05. The Hall–Kier alpha value is -0.810. The van der Waals surface area contributed by atoms with Crippen LogP contribution in [0, 0.1) is 17.5 Å². The molecule has 0 radical (unpaired) electrons. The minimum absolute atomic E-state index is 0.193. The number of aromatic nitrogens is 2. The quantitative estimate of drug-likeness (QED) is 0.837. The molecule has 1 atom stereocenters. The molecule has 0 saturated heterocycles. The maximum Gasteiger partial charge on any atom is 0.178 e. The van der Waals surface area contributed by atoms with Crippen molar-refractivity contribution in [3.8, 4) is 0 Å². The molecule has 1 aromatic heterocycles. The highest BCUT2D eigenvalue weighted by atomic mass is 32.2. The van der Waals surface area contributed by atoms with Crippen LogP contribution in [0.15, 0.2) is 12.1 Å². The van der Waals surface area contributed by atoms with Crippen molar-refractivity contribution < 1.29 is 4.39 Å². The lowest BCUT2D eigenvalue weighted by Crippen LogP contribution is -2.08. The van der Waals surface area contributed by atoms with E-state index in [0.717, 1.165) is 22.5 Å². The van der Waals surface area contributed by atoms with Gasteiger partial charge in [0.15, 0.2) is 4.77 Å². The van der Waals surface area contributed by atoms with Gasteiger partial charge in [-0.2, -0.15) is 11.8 Å². The number of hydrogen-bond donors (Lipinski definition) is 1. The summed E-state index contributed by atoms with van der Waals surface area (Å²) in [4.78, 5) is 3.08. The number of H-pyrrole nitrogens is 1. The molecule has 2 rings (SSSR count). The molecule has 0 fully saturated rings. The summed E-state index contributed by atoms with van der Waals surface area (Å²) in [6.07, 6.45) is 0. The molecule has 5 heteroatoms. The SMILES string of the molecule is CCSCC(C)n1c(=S)[nH]c2cc(F)c(C)cc21. The molecule has 2 aromatic rings. The van der Waals surface area contributed by atoms with Gasteiger partial charge < -0.3 is 9.55 Å². The summed E-state index contributed by atoms with van der Waals surface area (Å²) in [5.74, 6) is 1.91. The van der Waals surface area contributed by atoms with Gasteiger partial charge >= 0.3 is 0 Å². The lowest BCUT2D eigenvalue weighted by Gasteiger charge is -2.14. The van der Waals surface area contributed by atoms with Crippen LogP contribution in [0.1, 0.15) is 25.5 Å². The fourth-order valence-corrected chi connectivity index (χ4v) is 3.17. The minimum atomic E-state index is -0.193. The average Bonchev–Trinajstić information content (AvgIpc) is 2.62. The van der Waals surface area contributed by atoms with E-state index < -0.39 is 0 Å². The molecule has 1 heterocycles. The van der Waals surface area contributed by atoms with Gasteiger partial charge in [0, 0.05) is 11.8 Å². The average molecular weight is 284 g/mol. The number of aryl methyl sites for hydroxylation is 1. The maximum atomic E-state index is 13.5. The molecule has 1 aromatic carbocycles. The first-order valence-corrected chi connectivity index (χ1v) is 7.59. The van der Waals surface area contributed by atoms with Crippen molar-refractivity contribution in [1.82, 2.24) is 9.55 Å². The number of halogens is 1. The summed E-state index contributed by atoms with van der Waals surface area (Å²) in [5.41, 5.74) is 2.42. The molecule has 0 saturated carbocycles. The van der Waals surface area contributed by atoms with Crippen LogP contribution in [0.2, 0.25) is 0 Å². The second kappa shape index (κ2) is 5.45. The van der Waals surface area contributed by atoms with E-state index in [1.54, 1.807) is 6.92 Å². The molecule has 98 valence electrons. The largest absolute Gasteiger partial charge is 0.330 e. The normalized spacial score (nSPS) is 13.1. The number of nitrogens with zero attached hydrogens (tertiary/aromatic N) is 1. The van der Waals surface area contributed by atoms with Crippen LogP contribution in [0.4, 0.5) is 4.39 Å². The van der Waals surface area contributed by atoms with E-state index in [0.29, 0.717) is 16.4 Å². The predicted molar refractivity (Wildman–Crippen MR) is 79.5 cm³/mol. The van der Waals surface area contributed by atoms with Crippen molar-refractivity contribution >= 4 is 35.0 Å². The molecule has 1 N–H and O–H groups in total. The van der Waals surface area contributed by atoms with E-state index in [2.05, 4.69) is 23.4 Å². The van der Waals surface area contributed by atoms with Crippen molar-refractivity contribution in [1.29, 1.82) is 0 Å². The summed E-state index contributed by atoms with van der Waals surface area (Å²) in [6, 6.07) is 3.70. The zero-order chi connectivity index (χ0) is 13.3. The Morgan fingerprint density at radius 1 is 1.50 bits per heavy atom. The summed E-state index contributed by atoms with van der Waals surface area (Å²) >= 11 is 7.23. The highest BCUT2D eigenvalue weighted by Crippen LogP contribution is 2.24. The van der Waals surface area contributed by atoms with Crippen molar-refractivity contribution in [2.75, 3.05) is 11.5 Å². The van der Waals surface area contributed by atoms with Crippen LogP contribution in [-0.4, -0.2) is 21.1 Å². The number of rotatable bonds is 4. The lowest BCUT2D eigenvalue weighted by atomic mass is 10.2. The third kappa shape index (κ3) is 2.47. The fraction of sp³-hybridized carbons (Fsp3) is 0.462. The Balaban J connectivity index is 2.53. The van der Waals surface area contributed by atoms with Gasteiger partial charge in [0.2, 0.25) is 0 Å². The summed E-state index contributed by atoms with van der Waals surface area (Å²) in [6.45, 7) is 6.07. The number of fused-ring (bicyclic) bond motifs is 1. The number of aromatic amines is 1. The third-order valence-electron chi connectivity index (χ3n) is 3.00. The van der Waals surface area contributed by atoms with Gasteiger partial charge in [-0.25, -0.2) is 4.39 Å². The molecule has 2 nitrogen and oxygen atoms in total. The number of nitrogens with one attached hydrogen (secondary N) is 1. The second-order valence-electron chi connectivity index (χ2n) is 4.43. The zero-order valence-corrected chi connectivity index (χ0v) is 12.4. The van der Waals surface area contributed by atoms with Crippen LogP contribution in [0.5, 0.6) is 0 Å². The number of thioether (sulfide) groups is 1. The number of benzene rings is 1. The molecule has 0 aliphatic carbocycles. The Morgan fingerprint density at radius 2 is 2.22 bits per heavy atom. The highest BCUT2D eigenvalue weighted by molar-refractivity contribution is 7.99. The van der Waals surface area contributed by atoms with Gasteiger partial charge in [-0.3, -0.25) is 0 Å². The van der Waals surface area contributed by atoms with E-state index in [1.807, 2.05) is 17.8 Å². The van der Waals surface area contributed by atoms with Gasteiger partial charge in [-0.1, -0.05) is 6.92 Å². The van der Waals surface area contributed by atoms with E-state index >= 15 is 0 Å². The van der Waals surface area contributed by atoms with Crippen LogP contribution >= 0.6 is 24.0 Å². The first-order valence-electron chi connectivity index (χ1n) is 6.02. The van der Waals surface area contributed by atoms with Gasteiger partial charge in [-0.15, -0.1) is 0 Å². The Labute approximate surface area is 116 Å². The second-order valence-corrected chi connectivity index (χ2v) is 6.13. The molecule has 0 bridgehead atoms. The summed E-state index contributed by atoms with van der Waals surface area (Å²) in [7, 11) is 0. The molecular weight excluding hydrogens is 267 g/mol. The van der Waals surface area contributed by atoms with Gasteiger partial charge in [0.25, 0.3) is 0 Å². The Morgan fingerprint density at radius 3 is 2.89 bits per heavy atom. The summed E-state index contributed by atoms with van der Waals surface area (Å²) in [5, 5.41) is 0. The third-order valence-corrected chi connectivity index (χ3v) is 4.43. The topological polar surface area (TPSA) is 20.7 Å². The van der Waals surface area contributed by atoms with Crippen LogP contribution < -0.4 is 0 Å². The van der Waals surface area contributed by atoms with Gasteiger partial charge in [0.05, 0.1) is 11.0 Å². The van der Waals surface area contributed by atoms with Crippen molar-refractivity contribution in [3.05, 3.63) is 28.3 Å². The molecule has 18 heavy (non-hydrogen) atoms. The highest BCUT2D eigenvalue weighted by Gasteiger charge is 2.12. The molecule has 0 spiro atoms. The van der Waals surface area contributed by atoms with Crippen molar-refractivity contribution in [2.45, 2.75) is 26.8 Å². The molecule has 0 amide bonds. The molecule has 0 aliphatic rings. The standard InChI is InChI=1S/C13H17FN2S2/c1-4-18-7-9(3)16-12-5-8(2)10(14)6-11(12)15-13(16)17/h5-6,9H,4,7H2,1-3H3,(H,15,17). The van der Waals surface area contributed by atoms with E-state index in [-0.39, 0.29) is 5.82 Å². The lowest BCUT2D eigenvalue weighted by molar-refractivity contribution is 0.613. The first-order chi connectivity index (χ1) is 8.54. The summed E-state index contributed by atoms with van der Waals surface area (Å²) < 4.78 is 16.3. The van der Waals surface area contributed by atoms with Crippen LogP contribution in [0.25, 0.3) is 11.0 Å². The smallest absolute Gasteiger partial charge is 0.178 e. The Kier molecular flexibility index (Phi) is 4.12. The van der Waals surface area contributed by atoms with Crippen molar-refractivity contribution in [2.24, 2.45) is 0 Å². The molecule has 0 aliphatic heterocycles. The van der Waals surface area contributed by atoms with E-state index in [9.17, 15) is 4.39 Å². The minimum Gasteiger partial charge on any atom is -0.330 e. The maximum absolute atomic E-state index is 13.5. The first kappa shape index (κ1) is 13.6. The van der Waals surface area contributed by atoms with Gasteiger partial charge in [-0.05, 0) is 49.5 Å². The number of hydrogen-bond acceptors (Lipinski definition) is 2. The number of imidazole rings is 1. The predicted octanol–water partition coefficient (Wildman–Crippen LogP) is 4.46. The van der Waals surface area contributed by atoms with Gasteiger partial charge in [0.1, 0.15) is 5.82 Å². The zero-order valence-electron chi connectivity index (χ0n) is 10.8. The van der Waals surface area contributed by atoms with Crippen LogP contribution in [0.3, 0.4) is 0 Å².